The fourth-order valence-electron chi connectivity index (χ4n) is 5.14. The van der Waals surface area contributed by atoms with Gasteiger partial charge in [-0.1, -0.05) is 54.6 Å². The Balaban J connectivity index is 1.20. The minimum absolute atomic E-state index is 0.101. The van der Waals surface area contributed by atoms with Crippen LogP contribution in [0.1, 0.15) is 58.0 Å². The predicted molar refractivity (Wildman–Crippen MR) is 130 cm³/mol. The van der Waals surface area contributed by atoms with Crippen LogP contribution in [-0.2, 0) is 4.75 Å². The summed E-state index contributed by atoms with van der Waals surface area (Å²) >= 11 is 2.13. The molecule has 5 rings (SSSR count). The number of carbonyl (C=O) groups is 1. The van der Waals surface area contributed by atoms with Crippen LogP contribution < -0.4 is 0 Å². The van der Waals surface area contributed by atoms with Crippen molar-refractivity contribution in [3.63, 3.8) is 0 Å². The molecule has 4 heteroatoms. The second kappa shape index (κ2) is 9.21. The Morgan fingerprint density at radius 1 is 0.938 bits per heavy atom. The maximum absolute atomic E-state index is 13.1. The van der Waals surface area contributed by atoms with E-state index in [9.17, 15) is 9.18 Å². The zero-order chi connectivity index (χ0) is 22.0. The maximum atomic E-state index is 13.1. The number of benzene rings is 3. The largest absolute Gasteiger partial charge is 0.303 e. The lowest BCUT2D eigenvalue weighted by Gasteiger charge is -2.39. The third-order valence-electron chi connectivity index (χ3n) is 6.89. The Hall–Kier alpha value is -2.43. The van der Waals surface area contributed by atoms with Crippen LogP contribution in [0, 0.1) is 5.82 Å². The molecule has 1 saturated heterocycles. The highest BCUT2D eigenvalue weighted by atomic mass is 32.2. The summed E-state index contributed by atoms with van der Waals surface area (Å²) < 4.78 is 13.3. The summed E-state index contributed by atoms with van der Waals surface area (Å²) in [5.74, 6) is -0.200. The Morgan fingerprint density at radius 2 is 1.62 bits per heavy atom. The number of hydrogen-bond donors (Lipinski definition) is 0. The number of halogens is 1. The average Bonchev–Trinajstić information content (AvgIpc) is 3.15. The molecule has 164 valence electrons. The van der Waals surface area contributed by atoms with Gasteiger partial charge in [-0.15, -0.1) is 11.8 Å². The maximum Gasteiger partial charge on any atom is 0.162 e. The molecule has 1 atom stereocenters. The van der Waals surface area contributed by atoms with Crippen molar-refractivity contribution in [3.8, 4) is 0 Å². The van der Waals surface area contributed by atoms with Crippen LogP contribution in [0.4, 0.5) is 4.39 Å². The van der Waals surface area contributed by atoms with Crippen LogP contribution in [0.15, 0.2) is 78.9 Å². The van der Waals surface area contributed by atoms with E-state index in [1.807, 2.05) is 0 Å². The standard InChI is InChI=1S/C28H28FNOS/c29-23-14-12-21(13-15-23)26(31)11-6-18-30-19-16-28(17-20-30)25-10-5-4-9-24(25)27(32-28)22-7-2-1-3-8-22/h1-5,7-10,12-15,27H,6,11,16-20H2. The monoisotopic (exact) mass is 445 g/mol. The van der Waals surface area contributed by atoms with E-state index >= 15 is 0 Å². The highest BCUT2D eigenvalue weighted by molar-refractivity contribution is 8.01. The van der Waals surface area contributed by atoms with Gasteiger partial charge in [0.15, 0.2) is 5.78 Å². The number of Topliss-reactive ketones (excluding diaryl/α,β-unsaturated/α-hetero) is 1. The van der Waals surface area contributed by atoms with Crippen molar-refractivity contribution in [2.45, 2.75) is 35.7 Å². The van der Waals surface area contributed by atoms with Gasteiger partial charge in [0.05, 0.1) is 5.25 Å². The zero-order valence-corrected chi connectivity index (χ0v) is 19.0. The van der Waals surface area contributed by atoms with Gasteiger partial charge in [0.25, 0.3) is 0 Å². The molecule has 2 nitrogen and oxygen atoms in total. The van der Waals surface area contributed by atoms with Crippen LogP contribution >= 0.6 is 11.8 Å². The molecule has 0 bridgehead atoms. The Bertz CT molecular complexity index is 1070. The number of piperidine rings is 1. The van der Waals surface area contributed by atoms with E-state index in [-0.39, 0.29) is 16.3 Å². The van der Waals surface area contributed by atoms with E-state index in [0.717, 1.165) is 38.9 Å². The zero-order valence-electron chi connectivity index (χ0n) is 18.2. The Labute approximate surface area is 193 Å². The molecular weight excluding hydrogens is 417 g/mol. The average molecular weight is 446 g/mol. The van der Waals surface area contributed by atoms with Gasteiger partial charge < -0.3 is 4.90 Å². The van der Waals surface area contributed by atoms with Gasteiger partial charge >= 0.3 is 0 Å². The number of rotatable bonds is 6. The van der Waals surface area contributed by atoms with Crippen molar-refractivity contribution < 1.29 is 9.18 Å². The molecule has 0 saturated carbocycles. The van der Waals surface area contributed by atoms with Crippen molar-refractivity contribution in [1.82, 2.24) is 4.90 Å². The second-order valence-electron chi connectivity index (χ2n) is 8.87. The smallest absolute Gasteiger partial charge is 0.162 e. The Kier molecular flexibility index (Phi) is 6.16. The minimum Gasteiger partial charge on any atom is -0.303 e. The summed E-state index contributed by atoms with van der Waals surface area (Å²) in [5.41, 5.74) is 4.99. The highest BCUT2D eigenvalue weighted by Crippen LogP contribution is 2.61. The third-order valence-corrected chi connectivity index (χ3v) is 8.73. The molecular formula is C28H28FNOS. The van der Waals surface area contributed by atoms with Crippen molar-refractivity contribution in [2.75, 3.05) is 19.6 Å². The minimum atomic E-state index is -0.301. The number of likely N-dealkylation sites (tertiary alicyclic amines) is 1. The molecule has 1 unspecified atom stereocenters. The molecule has 2 heterocycles. The first kappa shape index (κ1) is 21.4. The number of carbonyl (C=O) groups excluding carboxylic acids is 1. The van der Waals surface area contributed by atoms with Crippen LogP contribution in [0.5, 0.6) is 0 Å². The van der Waals surface area contributed by atoms with Crippen molar-refractivity contribution >= 4 is 17.5 Å². The number of fused-ring (bicyclic) bond motifs is 2. The molecule has 3 aromatic rings. The van der Waals surface area contributed by atoms with E-state index in [1.54, 1.807) is 12.1 Å². The van der Waals surface area contributed by atoms with Crippen LogP contribution in [0.2, 0.25) is 0 Å². The van der Waals surface area contributed by atoms with E-state index in [4.69, 9.17) is 0 Å². The topological polar surface area (TPSA) is 20.3 Å². The van der Waals surface area contributed by atoms with E-state index in [1.165, 1.54) is 28.8 Å². The molecule has 0 N–H and O–H groups in total. The molecule has 32 heavy (non-hydrogen) atoms. The predicted octanol–water partition coefficient (Wildman–Crippen LogP) is 6.62. The molecule has 0 radical (unpaired) electrons. The quantitative estimate of drug-likeness (QED) is 0.398. The number of nitrogens with zero attached hydrogens (tertiary/aromatic N) is 1. The summed E-state index contributed by atoms with van der Waals surface area (Å²) in [5, 5.41) is 0.410. The third kappa shape index (κ3) is 4.26. The molecule has 1 fully saturated rings. The van der Waals surface area contributed by atoms with Gasteiger partial charge in [0, 0.05) is 16.7 Å². The van der Waals surface area contributed by atoms with Gasteiger partial charge in [-0.2, -0.15) is 0 Å². The van der Waals surface area contributed by atoms with Crippen molar-refractivity contribution in [2.24, 2.45) is 0 Å². The Morgan fingerprint density at radius 3 is 2.38 bits per heavy atom. The van der Waals surface area contributed by atoms with E-state index in [2.05, 4.69) is 71.3 Å². The summed E-state index contributed by atoms with van der Waals surface area (Å²) in [4.78, 5) is 14.9. The fourth-order valence-corrected chi connectivity index (χ4v) is 6.94. The summed E-state index contributed by atoms with van der Waals surface area (Å²) in [6, 6.07) is 25.7. The lowest BCUT2D eigenvalue weighted by molar-refractivity contribution is 0.0971. The molecule has 0 aliphatic carbocycles. The lowest BCUT2D eigenvalue weighted by Crippen LogP contribution is -2.40. The first-order chi connectivity index (χ1) is 15.6. The normalized spacial score (nSPS) is 19.7. The SMILES string of the molecule is O=C(CCCN1CCC2(CC1)SC(c1ccccc1)c1ccccc12)c1ccc(F)cc1. The number of ketones is 1. The molecule has 2 aliphatic heterocycles. The first-order valence-corrected chi connectivity index (χ1v) is 12.4. The molecule has 0 aromatic heterocycles. The van der Waals surface area contributed by atoms with Gasteiger partial charge in [-0.05, 0) is 79.9 Å². The molecule has 2 aliphatic rings. The molecule has 3 aromatic carbocycles. The fraction of sp³-hybridized carbons (Fsp3) is 0.321. The van der Waals surface area contributed by atoms with Gasteiger partial charge in [0.1, 0.15) is 5.82 Å². The molecule has 0 amide bonds. The van der Waals surface area contributed by atoms with E-state index < -0.39 is 0 Å². The van der Waals surface area contributed by atoms with Gasteiger partial charge in [-0.3, -0.25) is 4.79 Å². The summed E-state index contributed by atoms with van der Waals surface area (Å²) in [6.45, 7) is 3.07. The van der Waals surface area contributed by atoms with Gasteiger partial charge in [0.2, 0.25) is 0 Å². The second-order valence-corrected chi connectivity index (χ2v) is 10.4. The van der Waals surface area contributed by atoms with Crippen LogP contribution in [0.25, 0.3) is 0 Å². The first-order valence-electron chi connectivity index (χ1n) is 11.5. The summed E-state index contributed by atoms with van der Waals surface area (Å²) in [6.07, 6.45) is 3.65. The van der Waals surface area contributed by atoms with Crippen LogP contribution in [0.3, 0.4) is 0 Å². The molecule has 1 spiro atoms. The van der Waals surface area contributed by atoms with Crippen LogP contribution in [-0.4, -0.2) is 30.3 Å². The van der Waals surface area contributed by atoms with Gasteiger partial charge in [-0.25, -0.2) is 4.39 Å². The van der Waals surface area contributed by atoms with Crippen molar-refractivity contribution in [1.29, 1.82) is 0 Å². The highest BCUT2D eigenvalue weighted by Gasteiger charge is 2.46. The number of thioether (sulfide) groups is 1. The lowest BCUT2D eigenvalue weighted by atomic mass is 9.84. The number of hydrogen-bond acceptors (Lipinski definition) is 3. The van der Waals surface area contributed by atoms with E-state index in [0.29, 0.717) is 17.2 Å². The summed E-state index contributed by atoms with van der Waals surface area (Å²) in [7, 11) is 0. The van der Waals surface area contributed by atoms with Crippen molar-refractivity contribution in [3.05, 3.63) is 107 Å².